The highest BCUT2D eigenvalue weighted by atomic mass is 16.5. The van der Waals surface area contributed by atoms with Crippen molar-refractivity contribution in [3.63, 3.8) is 0 Å². The lowest BCUT2D eigenvalue weighted by atomic mass is 10.1. The summed E-state index contributed by atoms with van der Waals surface area (Å²) >= 11 is 0. The highest BCUT2D eigenvalue weighted by Crippen LogP contribution is 2.23. The Hall–Kier alpha value is -1.75. The molecule has 0 aliphatic carbocycles. The third-order valence-corrected chi connectivity index (χ3v) is 2.47. The number of carbonyl (C=O) groups excluding carboxylic acids is 1. The molecule has 86 valence electrons. The summed E-state index contributed by atoms with van der Waals surface area (Å²) in [6.45, 7) is 1.90. The van der Waals surface area contributed by atoms with Crippen molar-refractivity contribution in [2.75, 3.05) is 6.54 Å². The van der Waals surface area contributed by atoms with Crippen molar-refractivity contribution in [1.29, 1.82) is 0 Å². The predicted molar refractivity (Wildman–Crippen MR) is 55.9 cm³/mol. The Morgan fingerprint density at radius 3 is 2.88 bits per heavy atom. The van der Waals surface area contributed by atoms with Gasteiger partial charge in [0.2, 0.25) is 0 Å². The number of benzene rings is 1. The molecule has 0 radical (unpaired) electrons. The smallest absolute Gasteiger partial charge is 0.267 e. The molecule has 1 aliphatic heterocycles. The van der Waals surface area contributed by atoms with Crippen LogP contribution in [0.1, 0.15) is 6.92 Å². The van der Waals surface area contributed by atoms with Crippen molar-refractivity contribution in [2.45, 2.75) is 19.3 Å². The van der Waals surface area contributed by atoms with Crippen LogP contribution in [0.4, 0.5) is 0 Å². The number of hydrogen-bond donors (Lipinski definition) is 2. The molecule has 2 atom stereocenters. The van der Waals surface area contributed by atoms with Crippen molar-refractivity contribution < 1.29 is 19.7 Å². The van der Waals surface area contributed by atoms with E-state index < -0.39 is 12.3 Å². The second-order valence-corrected chi connectivity index (χ2v) is 3.73. The highest BCUT2D eigenvalue weighted by molar-refractivity contribution is 5.87. The van der Waals surface area contributed by atoms with Crippen LogP contribution in [-0.2, 0) is 4.79 Å². The van der Waals surface area contributed by atoms with E-state index in [1.165, 1.54) is 24.0 Å². The molecule has 0 bridgehead atoms. The summed E-state index contributed by atoms with van der Waals surface area (Å²) in [6.07, 6.45) is -1.34. The topological polar surface area (TPSA) is 70.0 Å². The quantitative estimate of drug-likeness (QED) is 0.724. The number of phenols is 1. The lowest BCUT2D eigenvalue weighted by Crippen LogP contribution is -2.61. The molecule has 2 N–H and O–H groups in total. The third-order valence-electron chi connectivity index (χ3n) is 2.47. The van der Waals surface area contributed by atoms with Gasteiger partial charge >= 0.3 is 0 Å². The summed E-state index contributed by atoms with van der Waals surface area (Å²) in [5, 5.41) is 18.4. The van der Waals surface area contributed by atoms with E-state index in [1.807, 2.05) is 0 Å². The van der Waals surface area contributed by atoms with Gasteiger partial charge in [0.15, 0.2) is 6.10 Å². The van der Waals surface area contributed by atoms with Crippen molar-refractivity contribution in [1.82, 2.24) is 4.90 Å². The zero-order valence-corrected chi connectivity index (χ0v) is 8.83. The monoisotopic (exact) mass is 223 g/mol. The Labute approximate surface area is 92.9 Å². The number of aliphatic hydroxyl groups is 1. The van der Waals surface area contributed by atoms with E-state index in [1.54, 1.807) is 12.1 Å². The summed E-state index contributed by atoms with van der Waals surface area (Å²) in [5.74, 6) is 0.304. The van der Waals surface area contributed by atoms with E-state index in [0.717, 1.165) is 0 Å². The summed E-state index contributed by atoms with van der Waals surface area (Å²) in [4.78, 5) is 12.8. The number of rotatable bonds is 3. The van der Waals surface area contributed by atoms with E-state index >= 15 is 0 Å². The van der Waals surface area contributed by atoms with Crippen molar-refractivity contribution >= 4 is 5.91 Å². The number of likely N-dealkylation sites (tertiary alicyclic amines) is 1. The Balaban J connectivity index is 1.96. The van der Waals surface area contributed by atoms with Gasteiger partial charge in [0.05, 0.1) is 6.54 Å². The lowest BCUT2D eigenvalue weighted by Gasteiger charge is -2.39. The van der Waals surface area contributed by atoms with E-state index in [2.05, 4.69) is 0 Å². The van der Waals surface area contributed by atoms with Gasteiger partial charge < -0.3 is 19.8 Å². The van der Waals surface area contributed by atoms with Crippen LogP contribution in [0.5, 0.6) is 11.5 Å². The number of amides is 1. The minimum Gasteiger partial charge on any atom is -0.508 e. The molecule has 0 spiro atoms. The number of ether oxygens (including phenoxy) is 1. The maximum absolute atomic E-state index is 11.5. The maximum atomic E-state index is 11.5. The molecule has 1 aliphatic rings. The molecule has 1 heterocycles. The zero-order valence-electron chi connectivity index (χ0n) is 8.83. The first-order valence-electron chi connectivity index (χ1n) is 5.02. The van der Waals surface area contributed by atoms with Crippen LogP contribution in [0.2, 0.25) is 0 Å². The average molecular weight is 223 g/mol. The van der Waals surface area contributed by atoms with Crippen LogP contribution in [0.15, 0.2) is 24.3 Å². The van der Waals surface area contributed by atoms with Crippen LogP contribution >= 0.6 is 0 Å². The first kappa shape index (κ1) is 10.8. The van der Waals surface area contributed by atoms with Gasteiger partial charge in [-0.25, -0.2) is 0 Å². The average Bonchev–Trinajstić information content (AvgIpc) is 2.22. The maximum Gasteiger partial charge on any atom is 0.267 e. The fourth-order valence-corrected chi connectivity index (χ4v) is 1.56. The minimum atomic E-state index is -0.781. The number of carbonyl (C=O) groups is 1. The summed E-state index contributed by atoms with van der Waals surface area (Å²) in [7, 11) is 0. The molecule has 2 unspecified atom stereocenters. The zero-order chi connectivity index (χ0) is 11.7. The lowest BCUT2D eigenvalue weighted by molar-refractivity contribution is -0.167. The number of hydrogen-bond acceptors (Lipinski definition) is 4. The van der Waals surface area contributed by atoms with Gasteiger partial charge in [-0.05, 0) is 19.1 Å². The normalized spacial score (nSPS) is 21.5. The molecule has 0 saturated carbocycles. The van der Waals surface area contributed by atoms with E-state index in [-0.39, 0.29) is 11.7 Å². The molecule has 16 heavy (non-hydrogen) atoms. The second-order valence-electron chi connectivity index (χ2n) is 3.73. The van der Waals surface area contributed by atoms with Crippen LogP contribution in [-0.4, -0.2) is 39.9 Å². The second kappa shape index (κ2) is 4.02. The molecule has 5 nitrogen and oxygen atoms in total. The molecule has 2 rings (SSSR count). The van der Waals surface area contributed by atoms with Gasteiger partial charge in [0, 0.05) is 6.07 Å². The predicted octanol–water partition coefficient (Wildman–Crippen LogP) is 0.320. The molecule has 5 heteroatoms. The molecular formula is C11H13NO4. The van der Waals surface area contributed by atoms with Crippen molar-refractivity contribution in [2.24, 2.45) is 0 Å². The molecule has 0 aromatic heterocycles. The van der Waals surface area contributed by atoms with E-state index in [4.69, 9.17) is 4.74 Å². The van der Waals surface area contributed by atoms with Crippen LogP contribution < -0.4 is 4.74 Å². The molecule has 1 aromatic carbocycles. The first-order valence-corrected chi connectivity index (χ1v) is 5.02. The summed E-state index contributed by atoms with van der Waals surface area (Å²) in [6, 6.07) is 6.27. The van der Waals surface area contributed by atoms with Crippen LogP contribution in [0, 0.1) is 0 Å². The Morgan fingerprint density at radius 2 is 2.31 bits per heavy atom. The summed E-state index contributed by atoms with van der Waals surface area (Å²) in [5.41, 5.74) is 0. The standard InChI is InChI=1S/C11H13NO4/c1-7(13)12-6-10(11(12)15)16-9-4-2-3-8(14)5-9/h2-5,7,10,13-14H,6H2,1H3. The van der Waals surface area contributed by atoms with Crippen LogP contribution in [0.25, 0.3) is 0 Å². The fourth-order valence-electron chi connectivity index (χ4n) is 1.56. The number of nitrogens with zero attached hydrogens (tertiary/aromatic N) is 1. The fraction of sp³-hybridized carbons (Fsp3) is 0.364. The number of aromatic hydroxyl groups is 1. The van der Waals surface area contributed by atoms with Crippen molar-refractivity contribution in [3.8, 4) is 11.5 Å². The third kappa shape index (κ3) is 1.94. The summed E-state index contributed by atoms with van der Waals surface area (Å²) < 4.78 is 5.36. The molecule has 1 aromatic rings. The Kier molecular flexibility index (Phi) is 2.70. The number of β-lactam (4-membered cyclic amide) rings is 1. The highest BCUT2D eigenvalue weighted by Gasteiger charge is 2.40. The minimum absolute atomic E-state index is 0.0941. The van der Waals surface area contributed by atoms with Gasteiger partial charge in [-0.15, -0.1) is 0 Å². The Bertz CT molecular complexity index is 405. The van der Waals surface area contributed by atoms with Gasteiger partial charge in [0.1, 0.15) is 17.7 Å². The molecular weight excluding hydrogens is 210 g/mol. The van der Waals surface area contributed by atoms with Gasteiger partial charge in [-0.2, -0.15) is 0 Å². The van der Waals surface area contributed by atoms with E-state index in [0.29, 0.717) is 12.3 Å². The van der Waals surface area contributed by atoms with Gasteiger partial charge in [-0.3, -0.25) is 4.79 Å². The van der Waals surface area contributed by atoms with E-state index in [9.17, 15) is 15.0 Å². The molecule has 1 saturated heterocycles. The number of aliphatic hydroxyl groups excluding tert-OH is 1. The molecule has 1 fully saturated rings. The van der Waals surface area contributed by atoms with Gasteiger partial charge in [0.25, 0.3) is 5.91 Å². The Morgan fingerprint density at radius 1 is 1.56 bits per heavy atom. The van der Waals surface area contributed by atoms with Crippen LogP contribution in [0.3, 0.4) is 0 Å². The number of phenolic OH excluding ortho intramolecular Hbond substituents is 1. The van der Waals surface area contributed by atoms with Gasteiger partial charge in [-0.1, -0.05) is 6.07 Å². The molecule has 1 amide bonds. The van der Waals surface area contributed by atoms with Crippen molar-refractivity contribution in [3.05, 3.63) is 24.3 Å². The largest absolute Gasteiger partial charge is 0.508 e. The first-order chi connectivity index (χ1) is 7.58. The SMILES string of the molecule is CC(O)N1CC(Oc2cccc(O)c2)C1=O.